The molecule has 1 fully saturated rings. The molecule has 5 heteroatoms. The molecule has 2 unspecified atom stereocenters. The fourth-order valence-corrected chi connectivity index (χ4v) is 2.57. The van der Waals surface area contributed by atoms with Gasteiger partial charge in [0.1, 0.15) is 0 Å². The molecule has 1 aliphatic heterocycles. The summed E-state index contributed by atoms with van der Waals surface area (Å²) < 4.78 is 0. The molecule has 1 aromatic carbocycles. The van der Waals surface area contributed by atoms with E-state index in [0.717, 1.165) is 6.42 Å². The summed E-state index contributed by atoms with van der Waals surface area (Å²) in [6.07, 6.45) is 1.43. The Bertz CT molecular complexity index is 504. The second-order valence-electron chi connectivity index (χ2n) is 5.90. The van der Waals surface area contributed by atoms with E-state index < -0.39 is 6.10 Å². The lowest BCUT2D eigenvalue weighted by atomic mass is 9.96. The summed E-state index contributed by atoms with van der Waals surface area (Å²) in [6.45, 7) is 3.63. The number of benzene rings is 1. The molecule has 0 saturated carbocycles. The van der Waals surface area contributed by atoms with Gasteiger partial charge in [-0.15, -0.1) is 0 Å². The van der Waals surface area contributed by atoms with Crippen LogP contribution in [0.25, 0.3) is 0 Å². The van der Waals surface area contributed by atoms with Gasteiger partial charge in [0.2, 0.25) is 5.91 Å². The number of β-amino-alcohol motifs (C(OH)–C–C–N with tert-alkyl or cyclic N) is 1. The maximum Gasteiger partial charge on any atom is 0.251 e. The Hall–Kier alpha value is -1.88. The Morgan fingerprint density at radius 1 is 1.32 bits per heavy atom. The topological polar surface area (TPSA) is 69.6 Å². The molecule has 0 spiro atoms. The number of carbonyl (C=O) groups excluding carboxylic acids is 2. The lowest BCUT2D eigenvalue weighted by molar-refractivity contribution is -0.135. The number of hydrogen-bond acceptors (Lipinski definition) is 3. The highest BCUT2D eigenvalue weighted by Crippen LogP contribution is 2.17. The number of carbonyl (C=O) groups is 2. The molecule has 0 bridgehead atoms. The van der Waals surface area contributed by atoms with E-state index in [2.05, 4.69) is 5.32 Å². The van der Waals surface area contributed by atoms with Gasteiger partial charge < -0.3 is 15.3 Å². The third kappa shape index (κ3) is 4.56. The lowest BCUT2D eigenvalue weighted by Gasteiger charge is -2.34. The van der Waals surface area contributed by atoms with E-state index in [1.54, 1.807) is 17.0 Å². The summed E-state index contributed by atoms with van der Waals surface area (Å²) in [5, 5.41) is 12.6. The summed E-state index contributed by atoms with van der Waals surface area (Å²) in [5.74, 6) is 0.199. The van der Waals surface area contributed by atoms with Gasteiger partial charge in [-0.05, 0) is 30.9 Å². The molecule has 1 aliphatic rings. The van der Waals surface area contributed by atoms with Gasteiger partial charge in [0, 0.05) is 31.6 Å². The minimum Gasteiger partial charge on any atom is -0.391 e. The van der Waals surface area contributed by atoms with E-state index in [4.69, 9.17) is 0 Å². The monoisotopic (exact) mass is 304 g/mol. The first kappa shape index (κ1) is 16.5. The van der Waals surface area contributed by atoms with Crippen molar-refractivity contribution >= 4 is 11.8 Å². The summed E-state index contributed by atoms with van der Waals surface area (Å²) in [5.41, 5.74) is 0.627. The van der Waals surface area contributed by atoms with Crippen LogP contribution in [0.2, 0.25) is 0 Å². The van der Waals surface area contributed by atoms with Crippen LogP contribution >= 0.6 is 0 Å². The van der Waals surface area contributed by atoms with Crippen molar-refractivity contribution in [2.45, 2.75) is 32.3 Å². The fraction of sp³-hybridized carbons (Fsp3) is 0.529. The Morgan fingerprint density at radius 3 is 2.73 bits per heavy atom. The fourth-order valence-electron chi connectivity index (χ4n) is 2.57. The number of aliphatic hydroxyl groups is 1. The van der Waals surface area contributed by atoms with Gasteiger partial charge in [0.25, 0.3) is 5.91 Å². The smallest absolute Gasteiger partial charge is 0.251 e. The molecule has 1 heterocycles. The van der Waals surface area contributed by atoms with Gasteiger partial charge in [-0.1, -0.05) is 25.1 Å². The molecule has 1 aromatic rings. The first-order valence-electron chi connectivity index (χ1n) is 7.87. The molecule has 2 rings (SSSR count). The van der Waals surface area contributed by atoms with Crippen LogP contribution in [0.3, 0.4) is 0 Å². The van der Waals surface area contributed by atoms with Crippen molar-refractivity contribution in [2.75, 3.05) is 19.6 Å². The Kier molecular flexibility index (Phi) is 5.95. The van der Waals surface area contributed by atoms with Crippen LogP contribution in [0.5, 0.6) is 0 Å². The van der Waals surface area contributed by atoms with E-state index in [-0.39, 0.29) is 17.7 Å². The maximum atomic E-state index is 12.1. The highest BCUT2D eigenvalue weighted by atomic mass is 16.3. The van der Waals surface area contributed by atoms with Crippen molar-refractivity contribution in [3.8, 4) is 0 Å². The van der Waals surface area contributed by atoms with Crippen LogP contribution in [-0.4, -0.2) is 47.6 Å². The zero-order chi connectivity index (χ0) is 15.9. The third-order valence-electron chi connectivity index (χ3n) is 4.16. The Balaban J connectivity index is 1.66. The van der Waals surface area contributed by atoms with Crippen molar-refractivity contribution in [3.63, 3.8) is 0 Å². The van der Waals surface area contributed by atoms with Crippen molar-refractivity contribution in [1.29, 1.82) is 0 Å². The second-order valence-corrected chi connectivity index (χ2v) is 5.90. The largest absolute Gasteiger partial charge is 0.391 e. The molecule has 0 aliphatic carbocycles. The van der Waals surface area contributed by atoms with Crippen LogP contribution in [0.4, 0.5) is 0 Å². The molecule has 120 valence electrons. The van der Waals surface area contributed by atoms with Gasteiger partial charge in [-0.25, -0.2) is 0 Å². The predicted molar refractivity (Wildman–Crippen MR) is 84.4 cm³/mol. The minimum atomic E-state index is -0.421. The molecule has 2 atom stereocenters. The van der Waals surface area contributed by atoms with Crippen LogP contribution in [0.1, 0.15) is 36.5 Å². The lowest BCUT2D eigenvalue weighted by Crippen LogP contribution is -2.45. The SMILES string of the molecule is CC1CCN(C(=O)CCCNC(=O)c2ccccc2)CC1O. The minimum absolute atomic E-state index is 0.0555. The van der Waals surface area contributed by atoms with E-state index in [1.165, 1.54) is 0 Å². The number of aliphatic hydroxyl groups excluding tert-OH is 1. The zero-order valence-corrected chi connectivity index (χ0v) is 13.0. The van der Waals surface area contributed by atoms with E-state index in [1.807, 2.05) is 25.1 Å². The molecule has 22 heavy (non-hydrogen) atoms. The van der Waals surface area contributed by atoms with Crippen molar-refractivity contribution in [1.82, 2.24) is 10.2 Å². The number of rotatable bonds is 5. The van der Waals surface area contributed by atoms with Gasteiger partial charge in [-0.3, -0.25) is 9.59 Å². The van der Waals surface area contributed by atoms with Crippen molar-refractivity contribution in [3.05, 3.63) is 35.9 Å². The van der Waals surface area contributed by atoms with Crippen molar-refractivity contribution in [2.24, 2.45) is 5.92 Å². The molecule has 2 N–H and O–H groups in total. The Morgan fingerprint density at radius 2 is 2.05 bits per heavy atom. The highest BCUT2D eigenvalue weighted by Gasteiger charge is 2.26. The number of likely N-dealkylation sites (tertiary alicyclic amines) is 1. The first-order valence-corrected chi connectivity index (χ1v) is 7.87. The third-order valence-corrected chi connectivity index (χ3v) is 4.16. The molecule has 1 saturated heterocycles. The molecule has 5 nitrogen and oxygen atoms in total. The van der Waals surface area contributed by atoms with Gasteiger partial charge in [-0.2, -0.15) is 0 Å². The molecule has 0 radical (unpaired) electrons. The zero-order valence-electron chi connectivity index (χ0n) is 13.0. The number of nitrogens with zero attached hydrogens (tertiary/aromatic N) is 1. The summed E-state index contributed by atoms with van der Waals surface area (Å²) in [7, 11) is 0. The van der Waals surface area contributed by atoms with Crippen LogP contribution in [0, 0.1) is 5.92 Å². The van der Waals surface area contributed by atoms with E-state index >= 15 is 0 Å². The molecular weight excluding hydrogens is 280 g/mol. The number of amides is 2. The molecule has 0 aromatic heterocycles. The molecular formula is C17H24N2O3. The standard InChI is InChI=1S/C17H24N2O3/c1-13-9-11-19(12-15(13)20)16(21)8-5-10-18-17(22)14-6-3-2-4-7-14/h2-4,6-7,13,15,20H,5,8-12H2,1H3,(H,18,22). The Labute approximate surface area is 131 Å². The van der Waals surface area contributed by atoms with Crippen LogP contribution < -0.4 is 5.32 Å². The summed E-state index contributed by atoms with van der Waals surface area (Å²) in [4.78, 5) is 25.6. The normalized spacial score (nSPS) is 21.5. The summed E-state index contributed by atoms with van der Waals surface area (Å²) >= 11 is 0. The van der Waals surface area contributed by atoms with Crippen molar-refractivity contribution < 1.29 is 14.7 Å². The number of nitrogens with one attached hydrogen (secondary N) is 1. The first-order chi connectivity index (χ1) is 10.6. The van der Waals surface area contributed by atoms with Crippen LogP contribution in [0.15, 0.2) is 30.3 Å². The van der Waals surface area contributed by atoms with Gasteiger partial charge in [0.15, 0.2) is 0 Å². The van der Waals surface area contributed by atoms with Gasteiger partial charge >= 0.3 is 0 Å². The van der Waals surface area contributed by atoms with E-state index in [0.29, 0.717) is 38.0 Å². The molecule has 2 amide bonds. The number of hydrogen-bond donors (Lipinski definition) is 2. The summed E-state index contributed by atoms with van der Waals surface area (Å²) in [6, 6.07) is 9.03. The highest BCUT2D eigenvalue weighted by molar-refractivity contribution is 5.94. The number of piperidine rings is 1. The predicted octanol–water partition coefficient (Wildman–Crippen LogP) is 1.43. The average Bonchev–Trinajstić information content (AvgIpc) is 2.54. The van der Waals surface area contributed by atoms with Gasteiger partial charge in [0.05, 0.1) is 6.10 Å². The second kappa shape index (κ2) is 7.94. The van der Waals surface area contributed by atoms with E-state index in [9.17, 15) is 14.7 Å². The quantitative estimate of drug-likeness (QED) is 0.809. The van der Waals surface area contributed by atoms with Crippen LogP contribution in [-0.2, 0) is 4.79 Å². The average molecular weight is 304 g/mol. The maximum absolute atomic E-state index is 12.1.